The first kappa shape index (κ1) is 13.6. The fraction of sp³-hybridized carbons (Fsp3) is 0.167. The number of aliphatic hydroxyl groups excluding tert-OH is 1. The minimum atomic E-state index is -0.453. The van der Waals surface area contributed by atoms with Crippen LogP contribution in [0.2, 0.25) is 10.0 Å². The zero-order valence-electron chi connectivity index (χ0n) is 9.00. The third-order valence-corrected chi connectivity index (χ3v) is 2.84. The molecule has 0 heterocycles. The molecule has 0 aromatic heterocycles. The minimum Gasteiger partial charge on any atom is -0.511 e. The largest absolute Gasteiger partial charge is 0.511 e. The van der Waals surface area contributed by atoms with Gasteiger partial charge in [-0.2, -0.15) is 5.26 Å². The van der Waals surface area contributed by atoms with Gasteiger partial charge in [-0.3, -0.25) is 4.79 Å². The lowest BCUT2D eigenvalue weighted by Crippen LogP contribution is -2.07. The summed E-state index contributed by atoms with van der Waals surface area (Å²) in [5.74, 6) is -0.733. The van der Waals surface area contributed by atoms with Gasteiger partial charge in [-0.25, -0.2) is 0 Å². The van der Waals surface area contributed by atoms with Gasteiger partial charge < -0.3 is 5.11 Å². The van der Waals surface area contributed by atoms with E-state index in [0.29, 0.717) is 15.6 Å². The van der Waals surface area contributed by atoms with Crippen LogP contribution < -0.4 is 0 Å². The summed E-state index contributed by atoms with van der Waals surface area (Å²) in [6.07, 6.45) is -0.00230. The highest BCUT2D eigenvalue weighted by Crippen LogP contribution is 2.23. The Hall–Kier alpha value is -1.50. The topological polar surface area (TPSA) is 61.1 Å². The molecular weight excluding hydrogens is 261 g/mol. The molecule has 0 unspecified atom stereocenters. The summed E-state index contributed by atoms with van der Waals surface area (Å²) in [6.45, 7) is 1.30. The molecule has 1 aromatic carbocycles. The molecule has 1 N–H and O–H groups in total. The van der Waals surface area contributed by atoms with Gasteiger partial charge in [-0.05, 0) is 24.6 Å². The number of hydrogen-bond donors (Lipinski definition) is 1. The fourth-order valence-electron chi connectivity index (χ4n) is 1.27. The molecule has 0 radical (unpaired) electrons. The first-order chi connectivity index (χ1) is 7.95. The summed E-state index contributed by atoms with van der Waals surface area (Å²) in [6, 6.07) is 6.45. The number of hydrogen-bond acceptors (Lipinski definition) is 3. The fourth-order valence-corrected chi connectivity index (χ4v) is 1.59. The molecule has 88 valence electrons. The number of ketones is 1. The molecule has 0 saturated carbocycles. The molecule has 0 bridgehead atoms. The molecule has 0 aliphatic rings. The summed E-state index contributed by atoms with van der Waals surface area (Å²) in [5, 5.41) is 18.6. The molecule has 0 amide bonds. The summed E-state index contributed by atoms with van der Waals surface area (Å²) in [4.78, 5) is 11.7. The Labute approximate surface area is 109 Å². The van der Waals surface area contributed by atoms with Crippen LogP contribution in [0.3, 0.4) is 0 Å². The van der Waals surface area contributed by atoms with Crippen molar-refractivity contribution >= 4 is 29.0 Å². The Morgan fingerprint density at radius 2 is 2.06 bits per heavy atom. The highest BCUT2D eigenvalue weighted by atomic mass is 35.5. The average Bonchev–Trinajstić information content (AvgIpc) is 2.24. The Morgan fingerprint density at radius 3 is 2.53 bits per heavy atom. The molecule has 0 aliphatic heterocycles. The third-order valence-electron chi connectivity index (χ3n) is 2.10. The van der Waals surface area contributed by atoms with Gasteiger partial charge in [-0.15, -0.1) is 0 Å². The number of allylic oxidation sites excluding steroid dienone is 2. The van der Waals surface area contributed by atoms with Crippen molar-refractivity contribution in [3.8, 4) is 6.07 Å². The van der Waals surface area contributed by atoms with Crippen LogP contribution in [0.25, 0.3) is 0 Å². The quantitative estimate of drug-likeness (QED) is 0.519. The molecule has 17 heavy (non-hydrogen) atoms. The van der Waals surface area contributed by atoms with E-state index < -0.39 is 5.78 Å². The van der Waals surface area contributed by atoms with Gasteiger partial charge in [0.2, 0.25) is 0 Å². The van der Waals surface area contributed by atoms with Crippen LogP contribution in [0.1, 0.15) is 12.5 Å². The second kappa shape index (κ2) is 5.72. The summed E-state index contributed by atoms with van der Waals surface area (Å²) >= 11 is 11.5. The highest BCUT2D eigenvalue weighted by Gasteiger charge is 2.13. The summed E-state index contributed by atoms with van der Waals surface area (Å²) < 4.78 is 0. The Bertz CT molecular complexity index is 526. The first-order valence-electron chi connectivity index (χ1n) is 4.72. The van der Waals surface area contributed by atoms with Crippen LogP contribution in [-0.4, -0.2) is 10.9 Å². The Morgan fingerprint density at radius 1 is 1.41 bits per heavy atom. The first-order valence-corrected chi connectivity index (χ1v) is 5.48. The van der Waals surface area contributed by atoms with E-state index in [1.165, 1.54) is 6.92 Å². The summed E-state index contributed by atoms with van der Waals surface area (Å²) in [5.41, 5.74) is 0.398. The second-order valence-corrected chi connectivity index (χ2v) is 4.24. The number of Topliss-reactive ketones (excluding diaryl/α,β-unsaturated/α-hetero) is 1. The number of benzene rings is 1. The number of carbonyl (C=O) groups is 1. The molecule has 0 aliphatic carbocycles. The predicted molar refractivity (Wildman–Crippen MR) is 66.1 cm³/mol. The number of carbonyl (C=O) groups excluding carboxylic acids is 1. The SMILES string of the molecule is C/C(O)=C(\C#N)C(=O)Cc1ccc(Cl)c(Cl)c1. The van der Waals surface area contributed by atoms with Crippen molar-refractivity contribution in [1.29, 1.82) is 5.26 Å². The van der Waals surface area contributed by atoms with E-state index in [9.17, 15) is 4.79 Å². The van der Waals surface area contributed by atoms with Crippen molar-refractivity contribution in [2.24, 2.45) is 0 Å². The van der Waals surface area contributed by atoms with Crippen LogP contribution in [0.4, 0.5) is 0 Å². The van der Waals surface area contributed by atoms with Crippen LogP contribution in [0.15, 0.2) is 29.5 Å². The molecule has 0 fully saturated rings. The number of aliphatic hydroxyl groups is 1. The van der Waals surface area contributed by atoms with Crippen molar-refractivity contribution in [1.82, 2.24) is 0 Å². The smallest absolute Gasteiger partial charge is 0.181 e. The van der Waals surface area contributed by atoms with Crippen molar-refractivity contribution in [3.05, 3.63) is 45.1 Å². The van der Waals surface area contributed by atoms with Crippen molar-refractivity contribution in [2.45, 2.75) is 13.3 Å². The molecule has 1 rings (SSSR count). The standard InChI is InChI=1S/C12H9Cl2NO2/c1-7(16)9(6-15)12(17)5-8-2-3-10(13)11(14)4-8/h2-4,16H,5H2,1H3/b9-7-. The monoisotopic (exact) mass is 269 g/mol. The van der Waals surface area contributed by atoms with E-state index in [1.54, 1.807) is 24.3 Å². The Balaban J connectivity index is 2.93. The maximum absolute atomic E-state index is 11.7. The average molecular weight is 270 g/mol. The molecule has 0 spiro atoms. The van der Waals surface area contributed by atoms with Gasteiger partial charge in [0.05, 0.1) is 10.0 Å². The lowest BCUT2D eigenvalue weighted by molar-refractivity contribution is -0.114. The number of nitriles is 1. The lowest BCUT2D eigenvalue weighted by Gasteiger charge is -2.02. The van der Waals surface area contributed by atoms with Gasteiger partial charge in [0.15, 0.2) is 5.78 Å². The zero-order valence-corrected chi connectivity index (χ0v) is 10.5. The van der Waals surface area contributed by atoms with Gasteiger partial charge in [-0.1, -0.05) is 29.3 Å². The summed E-state index contributed by atoms with van der Waals surface area (Å²) in [7, 11) is 0. The van der Waals surface area contributed by atoms with Crippen LogP contribution in [-0.2, 0) is 11.2 Å². The van der Waals surface area contributed by atoms with E-state index in [1.807, 2.05) is 0 Å². The minimum absolute atomic E-state index is 0.00230. The van der Waals surface area contributed by atoms with Crippen molar-refractivity contribution < 1.29 is 9.90 Å². The molecule has 5 heteroatoms. The van der Waals surface area contributed by atoms with Gasteiger partial charge in [0.25, 0.3) is 0 Å². The van der Waals surface area contributed by atoms with Gasteiger partial charge in [0.1, 0.15) is 17.4 Å². The number of nitrogens with zero attached hydrogens (tertiary/aromatic N) is 1. The normalized spacial score (nSPS) is 11.6. The molecule has 0 atom stereocenters. The van der Waals surface area contributed by atoms with Crippen molar-refractivity contribution in [3.63, 3.8) is 0 Å². The van der Waals surface area contributed by atoms with Crippen molar-refractivity contribution in [2.75, 3.05) is 0 Å². The van der Waals surface area contributed by atoms with Gasteiger partial charge in [0, 0.05) is 6.42 Å². The molecule has 1 aromatic rings. The number of halogens is 2. The Kier molecular flexibility index (Phi) is 4.56. The molecule has 0 saturated heterocycles. The van der Waals surface area contributed by atoms with E-state index in [-0.39, 0.29) is 17.8 Å². The van der Waals surface area contributed by atoms with Crippen LogP contribution in [0.5, 0.6) is 0 Å². The molecular formula is C12H9Cl2NO2. The van der Waals surface area contributed by atoms with E-state index in [4.69, 9.17) is 33.6 Å². The number of rotatable bonds is 3. The van der Waals surface area contributed by atoms with Crippen LogP contribution >= 0.6 is 23.2 Å². The maximum atomic E-state index is 11.7. The predicted octanol–water partition coefficient (Wildman–Crippen LogP) is 3.46. The zero-order chi connectivity index (χ0) is 13.0. The maximum Gasteiger partial charge on any atom is 0.181 e. The molecule has 3 nitrogen and oxygen atoms in total. The second-order valence-electron chi connectivity index (χ2n) is 3.42. The van der Waals surface area contributed by atoms with Crippen LogP contribution in [0, 0.1) is 11.3 Å². The third kappa shape index (κ3) is 3.48. The van der Waals surface area contributed by atoms with E-state index in [0.717, 1.165) is 0 Å². The highest BCUT2D eigenvalue weighted by molar-refractivity contribution is 6.42. The lowest BCUT2D eigenvalue weighted by atomic mass is 10.0. The van der Waals surface area contributed by atoms with Gasteiger partial charge >= 0.3 is 0 Å². The van der Waals surface area contributed by atoms with E-state index >= 15 is 0 Å². The van der Waals surface area contributed by atoms with E-state index in [2.05, 4.69) is 0 Å².